The molecule has 0 saturated carbocycles. The van der Waals surface area contributed by atoms with E-state index in [0.29, 0.717) is 12.3 Å². The SMILES string of the molecule is O=C(CC1C=CCC1)Nc1cccc2ncccc12. The highest BCUT2D eigenvalue weighted by molar-refractivity contribution is 6.00. The van der Waals surface area contributed by atoms with Crippen LogP contribution in [0, 0.1) is 5.92 Å². The molecule has 1 aliphatic carbocycles. The molecule has 0 aliphatic heterocycles. The van der Waals surface area contributed by atoms with Crippen molar-refractivity contribution in [3.05, 3.63) is 48.7 Å². The van der Waals surface area contributed by atoms with E-state index in [9.17, 15) is 4.79 Å². The first-order valence-electron chi connectivity index (χ1n) is 6.63. The van der Waals surface area contributed by atoms with E-state index in [1.165, 1.54) is 0 Å². The molecule has 19 heavy (non-hydrogen) atoms. The van der Waals surface area contributed by atoms with Crippen molar-refractivity contribution in [2.45, 2.75) is 19.3 Å². The van der Waals surface area contributed by atoms with Crippen LogP contribution in [0.3, 0.4) is 0 Å². The number of amides is 1. The Kier molecular flexibility index (Phi) is 3.27. The quantitative estimate of drug-likeness (QED) is 0.849. The second kappa shape index (κ2) is 5.22. The second-order valence-electron chi connectivity index (χ2n) is 4.89. The fourth-order valence-electron chi connectivity index (χ4n) is 2.52. The highest BCUT2D eigenvalue weighted by Crippen LogP contribution is 2.24. The molecule has 0 bridgehead atoms. The summed E-state index contributed by atoms with van der Waals surface area (Å²) in [5, 5.41) is 3.99. The highest BCUT2D eigenvalue weighted by atomic mass is 16.1. The van der Waals surface area contributed by atoms with Crippen LogP contribution in [0.2, 0.25) is 0 Å². The van der Waals surface area contributed by atoms with Gasteiger partial charge in [-0.1, -0.05) is 18.2 Å². The Morgan fingerprint density at radius 2 is 2.26 bits per heavy atom. The molecule has 0 spiro atoms. The van der Waals surface area contributed by atoms with Gasteiger partial charge in [-0.15, -0.1) is 0 Å². The van der Waals surface area contributed by atoms with Crippen LogP contribution in [0.15, 0.2) is 48.7 Å². The third-order valence-electron chi connectivity index (χ3n) is 3.48. The molecule has 1 atom stereocenters. The van der Waals surface area contributed by atoms with Crippen LogP contribution >= 0.6 is 0 Å². The Morgan fingerprint density at radius 3 is 3.11 bits per heavy atom. The summed E-state index contributed by atoms with van der Waals surface area (Å²) in [4.78, 5) is 16.3. The van der Waals surface area contributed by atoms with E-state index in [1.807, 2.05) is 30.3 Å². The number of fused-ring (bicyclic) bond motifs is 1. The van der Waals surface area contributed by atoms with Crippen LogP contribution in [0.4, 0.5) is 5.69 Å². The molecule has 1 N–H and O–H groups in total. The van der Waals surface area contributed by atoms with Gasteiger partial charge in [-0.3, -0.25) is 9.78 Å². The first kappa shape index (κ1) is 11.9. The lowest BCUT2D eigenvalue weighted by Gasteiger charge is -2.10. The van der Waals surface area contributed by atoms with Gasteiger partial charge in [-0.2, -0.15) is 0 Å². The summed E-state index contributed by atoms with van der Waals surface area (Å²) >= 11 is 0. The standard InChI is InChI=1S/C16H16N2O/c19-16(11-12-5-1-2-6-12)18-15-9-3-8-14-13(15)7-4-10-17-14/h1,3-5,7-10,12H,2,6,11H2,(H,18,19). The van der Waals surface area contributed by atoms with Gasteiger partial charge in [-0.25, -0.2) is 0 Å². The topological polar surface area (TPSA) is 42.0 Å². The zero-order valence-electron chi connectivity index (χ0n) is 10.7. The van der Waals surface area contributed by atoms with Gasteiger partial charge in [0.25, 0.3) is 0 Å². The smallest absolute Gasteiger partial charge is 0.224 e. The number of nitrogens with one attached hydrogen (secondary N) is 1. The number of carbonyl (C=O) groups excluding carboxylic acids is 1. The predicted molar refractivity (Wildman–Crippen MR) is 76.9 cm³/mol. The summed E-state index contributed by atoms with van der Waals surface area (Å²) in [7, 11) is 0. The molecule has 2 aromatic rings. The Balaban J connectivity index is 1.77. The lowest BCUT2D eigenvalue weighted by molar-refractivity contribution is -0.116. The third kappa shape index (κ3) is 2.65. The highest BCUT2D eigenvalue weighted by Gasteiger charge is 2.14. The molecule has 0 saturated heterocycles. The van der Waals surface area contributed by atoms with E-state index in [4.69, 9.17) is 0 Å². The largest absolute Gasteiger partial charge is 0.325 e. The molecule has 1 aromatic carbocycles. The predicted octanol–water partition coefficient (Wildman–Crippen LogP) is 3.53. The molecule has 1 unspecified atom stereocenters. The van der Waals surface area contributed by atoms with Crippen LogP contribution in [-0.2, 0) is 4.79 Å². The third-order valence-corrected chi connectivity index (χ3v) is 3.48. The van der Waals surface area contributed by atoms with Gasteiger partial charge < -0.3 is 5.32 Å². The Morgan fingerprint density at radius 1 is 1.32 bits per heavy atom. The van der Waals surface area contributed by atoms with E-state index < -0.39 is 0 Å². The molecular weight excluding hydrogens is 236 g/mol. The number of allylic oxidation sites excluding steroid dienone is 2. The van der Waals surface area contributed by atoms with Gasteiger partial charge in [0.05, 0.1) is 11.2 Å². The first-order chi connectivity index (χ1) is 9.33. The number of benzene rings is 1. The summed E-state index contributed by atoms with van der Waals surface area (Å²) < 4.78 is 0. The molecule has 1 aromatic heterocycles. The van der Waals surface area contributed by atoms with Crippen molar-refractivity contribution in [3.8, 4) is 0 Å². The van der Waals surface area contributed by atoms with Crippen molar-refractivity contribution in [1.29, 1.82) is 0 Å². The fraction of sp³-hybridized carbons (Fsp3) is 0.250. The van der Waals surface area contributed by atoms with Gasteiger partial charge in [0.1, 0.15) is 0 Å². The van der Waals surface area contributed by atoms with E-state index in [-0.39, 0.29) is 5.91 Å². The molecule has 96 valence electrons. The molecule has 3 heteroatoms. The molecular formula is C16H16N2O. The number of anilines is 1. The van der Waals surface area contributed by atoms with Crippen LogP contribution < -0.4 is 5.32 Å². The Labute approximate surface area is 112 Å². The number of aromatic nitrogens is 1. The van der Waals surface area contributed by atoms with Gasteiger partial charge >= 0.3 is 0 Å². The van der Waals surface area contributed by atoms with Gasteiger partial charge in [0, 0.05) is 18.0 Å². The zero-order chi connectivity index (χ0) is 13.1. The molecule has 1 heterocycles. The van der Waals surface area contributed by atoms with Gasteiger partial charge in [0.15, 0.2) is 0 Å². The van der Waals surface area contributed by atoms with Crippen LogP contribution in [0.1, 0.15) is 19.3 Å². The average Bonchev–Trinajstić information content (AvgIpc) is 2.92. The molecule has 0 fully saturated rings. The maximum absolute atomic E-state index is 12.0. The fourth-order valence-corrected chi connectivity index (χ4v) is 2.52. The number of hydrogen-bond donors (Lipinski definition) is 1. The number of hydrogen-bond acceptors (Lipinski definition) is 2. The minimum absolute atomic E-state index is 0.0768. The van der Waals surface area contributed by atoms with Crippen molar-refractivity contribution < 1.29 is 4.79 Å². The molecule has 0 radical (unpaired) electrons. The van der Waals surface area contributed by atoms with E-state index >= 15 is 0 Å². The zero-order valence-corrected chi connectivity index (χ0v) is 10.7. The van der Waals surface area contributed by atoms with Crippen molar-refractivity contribution in [3.63, 3.8) is 0 Å². The van der Waals surface area contributed by atoms with Crippen LogP contribution in [-0.4, -0.2) is 10.9 Å². The summed E-state index contributed by atoms with van der Waals surface area (Å²) in [5.74, 6) is 0.473. The molecule has 1 amide bonds. The molecule has 3 nitrogen and oxygen atoms in total. The maximum Gasteiger partial charge on any atom is 0.224 e. The Hall–Kier alpha value is -2.16. The first-order valence-corrected chi connectivity index (χ1v) is 6.63. The number of nitrogens with zero attached hydrogens (tertiary/aromatic N) is 1. The minimum atomic E-state index is 0.0768. The normalized spacial score (nSPS) is 17.8. The summed E-state index contributed by atoms with van der Waals surface area (Å²) in [6.45, 7) is 0. The lowest BCUT2D eigenvalue weighted by atomic mass is 10.0. The van der Waals surface area contributed by atoms with Crippen LogP contribution in [0.25, 0.3) is 10.9 Å². The molecule has 1 aliphatic rings. The monoisotopic (exact) mass is 252 g/mol. The van der Waals surface area contributed by atoms with Gasteiger partial charge in [0.2, 0.25) is 5.91 Å². The maximum atomic E-state index is 12.0. The summed E-state index contributed by atoms with van der Waals surface area (Å²) in [5.41, 5.74) is 1.75. The average molecular weight is 252 g/mol. The summed E-state index contributed by atoms with van der Waals surface area (Å²) in [6.07, 6.45) is 8.80. The lowest BCUT2D eigenvalue weighted by Crippen LogP contribution is -2.15. The Bertz CT molecular complexity index is 628. The number of pyridine rings is 1. The number of rotatable bonds is 3. The van der Waals surface area contributed by atoms with E-state index in [0.717, 1.165) is 29.4 Å². The van der Waals surface area contributed by atoms with Crippen molar-refractivity contribution in [1.82, 2.24) is 4.98 Å². The van der Waals surface area contributed by atoms with Gasteiger partial charge in [-0.05, 0) is 43.0 Å². The minimum Gasteiger partial charge on any atom is -0.325 e. The van der Waals surface area contributed by atoms with Crippen molar-refractivity contribution in [2.24, 2.45) is 5.92 Å². The number of carbonyl (C=O) groups is 1. The van der Waals surface area contributed by atoms with E-state index in [1.54, 1.807) is 6.20 Å². The second-order valence-corrected chi connectivity index (χ2v) is 4.89. The van der Waals surface area contributed by atoms with Crippen molar-refractivity contribution >= 4 is 22.5 Å². The van der Waals surface area contributed by atoms with Crippen LogP contribution in [0.5, 0.6) is 0 Å². The summed E-state index contributed by atoms with van der Waals surface area (Å²) in [6, 6.07) is 9.66. The van der Waals surface area contributed by atoms with E-state index in [2.05, 4.69) is 22.5 Å². The molecule has 3 rings (SSSR count). The van der Waals surface area contributed by atoms with Crippen molar-refractivity contribution in [2.75, 3.05) is 5.32 Å².